The summed E-state index contributed by atoms with van der Waals surface area (Å²) >= 11 is 0. The largest absolute Gasteiger partial charge is 0.465 e. The first-order chi connectivity index (χ1) is 7.69. The van der Waals surface area contributed by atoms with Crippen LogP contribution in [-0.2, 0) is 14.3 Å². The van der Waals surface area contributed by atoms with Gasteiger partial charge in [-0.3, -0.25) is 4.79 Å². The van der Waals surface area contributed by atoms with Crippen molar-refractivity contribution in [2.45, 2.75) is 32.7 Å². The van der Waals surface area contributed by atoms with Crippen molar-refractivity contribution in [3.8, 4) is 0 Å². The minimum atomic E-state index is -0.236. The van der Waals surface area contributed by atoms with Crippen LogP contribution < -0.4 is 5.32 Å². The summed E-state index contributed by atoms with van der Waals surface area (Å²) in [6.07, 6.45) is 2.56. The quantitative estimate of drug-likeness (QED) is 0.635. The smallest absolute Gasteiger partial charge is 0.323 e. The minimum Gasteiger partial charge on any atom is -0.465 e. The molecule has 4 heteroatoms. The van der Waals surface area contributed by atoms with Crippen molar-refractivity contribution in [3.63, 3.8) is 0 Å². The Bertz CT molecular complexity index is 216. The highest BCUT2D eigenvalue weighted by atomic mass is 16.5. The van der Waals surface area contributed by atoms with Gasteiger partial charge in [-0.2, -0.15) is 0 Å². The lowest BCUT2D eigenvalue weighted by Crippen LogP contribution is -2.45. The average molecular weight is 229 g/mol. The van der Waals surface area contributed by atoms with E-state index in [1.807, 2.05) is 13.8 Å². The van der Waals surface area contributed by atoms with Crippen LogP contribution in [0.15, 0.2) is 0 Å². The highest BCUT2D eigenvalue weighted by molar-refractivity contribution is 5.76. The molecule has 0 aromatic heterocycles. The third kappa shape index (κ3) is 4.49. The molecular weight excluding hydrogens is 206 g/mol. The highest BCUT2D eigenvalue weighted by Crippen LogP contribution is 2.28. The molecule has 0 radical (unpaired) electrons. The lowest BCUT2D eigenvalue weighted by atomic mass is 10.0. The zero-order chi connectivity index (χ0) is 12.0. The predicted octanol–water partition coefficient (Wildman–Crippen LogP) is 1.20. The Kier molecular flexibility index (Phi) is 5.77. The maximum atomic E-state index is 11.8. The molecule has 0 heterocycles. The second kappa shape index (κ2) is 6.86. The van der Waals surface area contributed by atoms with Crippen LogP contribution in [0.4, 0.5) is 0 Å². The molecule has 0 saturated heterocycles. The molecule has 2 atom stereocenters. The number of hydrogen-bond donors (Lipinski definition) is 1. The van der Waals surface area contributed by atoms with Crippen molar-refractivity contribution in [1.29, 1.82) is 0 Å². The van der Waals surface area contributed by atoms with Gasteiger partial charge < -0.3 is 14.8 Å². The summed E-state index contributed by atoms with van der Waals surface area (Å²) in [7, 11) is 1.65. The van der Waals surface area contributed by atoms with Gasteiger partial charge in [0, 0.05) is 13.0 Å². The van der Waals surface area contributed by atoms with Gasteiger partial charge in [0.15, 0.2) is 0 Å². The zero-order valence-electron chi connectivity index (χ0n) is 10.5. The highest BCUT2D eigenvalue weighted by Gasteiger charge is 2.29. The summed E-state index contributed by atoms with van der Waals surface area (Å²) < 4.78 is 10.2. The molecule has 0 amide bonds. The second-order valence-corrected chi connectivity index (χ2v) is 4.51. The average Bonchev–Trinajstić information content (AvgIpc) is 3.02. The Morgan fingerprint density at radius 2 is 2.19 bits per heavy atom. The molecule has 1 saturated carbocycles. The van der Waals surface area contributed by atoms with E-state index in [9.17, 15) is 4.79 Å². The summed E-state index contributed by atoms with van der Waals surface area (Å²) in [5.74, 6) is 0.738. The number of carbonyl (C=O) groups excluding carboxylic acids is 1. The number of hydrogen-bond acceptors (Lipinski definition) is 4. The molecule has 1 N–H and O–H groups in total. The van der Waals surface area contributed by atoms with Crippen LogP contribution in [0.3, 0.4) is 0 Å². The molecule has 4 nitrogen and oxygen atoms in total. The predicted molar refractivity (Wildman–Crippen MR) is 62.2 cm³/mol. The van der Waals surface area contributed by atoms with Crippen LogP contribution in [0.25, 0.3) is 0 Å². The van der Waals surface area contributed by atoms with E-state index in [4.69, 9.17) is 9.47 Å². The number of methoxy groups -OCH3 is 1. The fourth-order valence-corrected chi connectivity index (χ4v) is 1.72. The third-order valence-electron chi connectivity index (χ3n) is 2.86. The Hall–Kier alpha value is -0.610. The number of rotatable bonds is 8. The number of nitrogens with one attached hydrogen (secondary N) is 1. The van der Waals surface area contributed by atoms with Crippen LogP contribution >= 0.6 is 0 Å². The fourth-order valence-electron chi connectivity index (χ4n) is 1.72. The van der Waals surface area contributed by atoms with Gasteiger partial charge in [-0.25, -0.2) is 0 Å². The summed E-state index contributed by atoms with van der Waals surface area (Å²) in [4.78, 5) is 11.8. The number of carbonyl (C=O) groups is 1. The Balaban J connectivity index is 2.40. The van der Waals surface area contributed by atoms with E-state index >= 15 is 0 Å². The molecule has 1 fully saturated rings. The van der Waals surface area contributed by atoms with E-state index in [-0.39, 0.29) is 17.9 Å². The molecule has 0 aromatic rings. The Morgan fingerprint density at radius 1 is 1.50 bits per heavy atom. The van der Waals surface area contributed by atoms with E-state index in [0.29, 0.717) is 13.2 Å². The molecule has 94 valence electrons. The fraction of sp³-hybridized carbons (Fsp3) is 0.917. The van der Waals surface area contributed by atoms with Crippen molar-refractivity contribution in [2.24, 2.45) is 11.8 Å². The lowest BCUT2D eigenvalue weighted by molar-refractivity contribution is -0.147. The molecule has 0 aromatic carbocycles. The summed E-state index contributed by atoms with van der Waals surface area (Å²) in [5.41, 5.74) is 0. The summed E-state index contributed by atoms with van der Waals surface area (Å²) in [6.45, 7) is 5.75. The van der Waals surface area contributed by atoms with Crippen molar-refractivity contribution in [2.75, 3.05) is 26.9 Å². The van der Waals surface area contributed by atoms with Gasteiger partial charge >= 0.3 is 5.97 Å². The Morgan fingerprint density at radius 3 is 2.69 bits per heavy atom. The van der Waals surface area contributed by atoms with Crippen molar-refractivity contribution >= 4 is 5.97 Å². The molecule has 16 heavy (non-hydrogen) atoms. The first-order valence-corrected chi connectivity index (χ1v) is 6.08. The molecule has 0 aliphatic heterocycles. The number of esters is 1. The van der Waals surface area contributed by atoms with Crippen molar-refractivity contribution < 1.29 is 14.3 Å². The van der Waals surface area contributed by atoms with Crippen molar-refractivity contribution in [1.82, 2.24) is 5.32 Å². The Labute approximate surface area is 97.7 Å². The van der Waals surface area contributed by atoms with Gasteiger partial charge in [0.05, 0.1) is 13.2 Å². The monoisotopic (exact) mass is 229 g/mol. The maximum Gasteiger partial charge on any atom is 0.323 e. The molecule has 0 bridgehead atoms. The lowest BCUT2D eigenvalue weighted by Gasteiger charge is -2.22. The SMILES string of the molecule is CCOC(=O)C(NCC1CC1)C(C)COC. The summed E-state index contributed by atoms with van der Waals surface area (Å²) in [5, 5.41) is 3.30. The van der Waals surface area contributed by atoms with E-state index in [1.54, 1.807) is 7.11 Å². The van der Waals surface area contributed by atoms with Gasteiger partial charge in [-0.1, -0.05) is 6.92 Å². The molecule has 1 rings (SSSR count). The molecular formula is C12H23NO3. The topological polar surface area (TPSA) is 47.6 Å². The van der Waals surface area contributed by atoms with Gasteiger partial charge in [-0.15, -0.1) is 0 Å². The normalized spacial score (nSPS) is 19.2. The van der Waals surface area contributed by atoms with E-state index in [0.717, 1.165) is 12.5 Å². The molecule has 1 aliphatic rings. The van der Waals surface area contributed by atoms with Crippen LogP contribution in [0, 0.1) is 11.8 Å². The molecule has 0 spiro atoms. The summed E-state index contributed by atoms with van der Waals surface area (Å²) in [6, 6.07) is -0.236. The van der Waals surface area contributed by atoms with Crippen molar-refractivity contribution in [3.05, 3.63) is 0 Å². The minimum absolute atomic E-state index is 0.141. The first kappa shape index (κ1) is 13.5. The maximum absolute atomic E-state index is 11.8. The van der Waals surface area contributed by atoms with E-state index in [1.165, 1.54) is 12.8 Å². The van der Waals surface area contributed by atoms with E-state index < -0.39 is 0 Å². The zero-order valence-corrected chi connectivity index (χ0v) is 10.5. The van der Waals surface area contributed by atoms with Gasteiger partial charge in [0.2, 0.25) is 0 Å². The standard InChI is InChI=1S/C12H23NO3/c1-4-16-12(14)11(9(2)8-15-3)13-7-10-5-6-10/h9-11,13H,4-8H2,1-3H3. The molecule has 2 unspecified atom stereocenters. The van der Waals surface area contributed by atoms with Gasteiger partial charge in [0.25, 0.3) is 0 Å². The van der Waals surface area contributed by atoms with Crippen LogP contribution in [0.2, 0.25) is 0 Å². The molecule has 1 aliphatic carbocycles. The second-order valence-electron chi connectivity index (χ2n) is 4.51. The van der Waals surface area contributed by atoms with Gasteiger partial charge in [0.1, 0.15) is 6.04 Å². The third-order valence-corrected chi connectivity index (χ3v) is 2.86. The number of ether oxygens (including phenoxy) is 2. The van der Waals surface area contributed by atoms with Crippen LogP contribution in [-0.4, -0.2) is 38.9 Å². The van der Waals surface area contributed by atoms with Crippen LogP contribution in [0.1, 0.15) is 26.7 Å². The van der Waals surface area contributed by atoms with Crippen LogP contribution in [0.5, 0.6) is 0 Å². The first-order valence-electron chi connectivity index (χ1n) is 6.08. The van der Waals surface area contributed by atoms with Gasteiger partial charge in [-0.05, 0) is 32.2 Å². The van der Waals surface area contributed by atoms with E-state index in [2.05, 4.69) is 5.32 Å².